The number of anilines is 1. The van der Waals surface area contributed by atoms with Crippen LogP contribution in [0.2, 0.25) is 0 Å². The number of benzene rings is 4. The summed E-state index contributed by atoms with van der Waals surface area (Å²) < 4.78 is 5.83. The molecule has 0 bridgehead atoms. The topological polar surface area (TPSA) is 147 Å². The van der Waals surface area contributed by atoms with E-state index in [1.807, 2.05) is 83.8 Å². The minimum atomic E-state index is -0.858. The summed E-state index contributed by atoms with van der Waals surface area (Å²) in [4.78, 5) is 45.2. The molecule has 2 saturated heterocycles. The fourth-order valence-corrected chi connectivity index (χ4v) is 7.50. The maximum Gasteiger partial charge on any atom is 0.411 e. The monoisotopic (exact) mass is 715 g/mol. The number of aliphatic hydroxyl groups is 1. The summed E-state index contributed by atoms with van der Waals surface area (Å²) >= 11 is 0. The van der Waals surface area contributed by atoms with E-state index in [2.05, 4.69) is 20.5 Å². The predicted molar refractivity (Wildman–Crippen MR) is 205 cm³/mol. The first-order chi connectivity index (χ1) is 25.8. The fraction of sp³-hybridized carbons (Fsp3) is 0.310. The highest BCUT2D eigenvalue weighted by atomic mass is 16.6. The number of ether oxygens (including phenoxy) is 1. The Morgan fingerprint density at radius 3 is 2.42 bits per heavy atom. The van der Waals surface area contributed by atoms with Gasteiger partial charge in [0.2, 0.25) is 5.56 Å². The number of hydrogen-bond donors (Lipinski definition) is 5. The van der Waals surface area contributed by atoms with Crippen LogP contribution >= 0.6 is 0 Å². The van der Waals surface area contributed by atoms with Gasteiger partial charge >= 0.3 is 6.09 Å². The van der Waals surface area contributed by atoms with Crippen molar-refractivity contribution in [2.75, 3.05) is 38.0 Å². The lowest BCUT2D eigenvalue weighted by atomic mass is 10.0. The lowest BCUT2D eigenvalue weighted by Gasteiger charge is -2.35. The molecule has 11 heteroatoms. The third-order valence-electron chi connectivity index (χ3n) is 10.3. The van der Waals surface area contributed by atoms with Crippen LogP contribution in [0.3, 0.4) is 0 Å². The Bertz CT molecular complexity index is 2100. The molecule has 2 amide bonds. The number of pyridine rings is 1. The van der Waals surface area contributed by atoms with Crippen molar-refractivity contribution in [3.05, 3.63) is 130 Å². The number of carbonyl (C=O) groups excluding carboxylic acids is 2. The average molecular weight is 716 g/mol. The van der Waals surface area contributed by atoms with Crippen molar-refractivity contribution >= 4 is 28.6 Å². The first-order valence-electron chi connectivity index (χ1n) is 18.3. The average Bonchev–Trinajstić information content (AvgIpc) is 3.64. The van der Waals surface area contributed by atoms with Crippen LogP contribution in [0.25, 0.3) is 22.0 Å². The van der Waals surface area contributed by atoms with Crippen molar-refractivity contribution in [2.45, 2.75) is 50.5 Å². The smallest absolute Gasteiger partial charge is 0.411 e. The molecular formula is C42H45N5O6. The third kappa shape index (κ3) is 8.60. The highest BCUT2D eigenvalue weighted by Gasteiger charge is 2.32. The van der Waals surface area contributed by atoms with Crippen molar-refractivity contribution in [3.63, 3.8) is 0 Å². The van der Waals surface area contributed by atoms with Gasteiger partial charge in [0.05, 0.1) is 17.3 Å². The Labute approximate surface area is 308 Å². The Morgan fingerprint density at radius 1 is 0.868 bits per heavy atom. The molecule has 0 saturated carbocycles. The van der Waals surface area contributed by atoms with Crippen LogP contribution in [0.4, 0.5) is 10.5 Å². The number of amides is 2. The first-order valence-corrected chi connectivity index (χ1v) is 18.3. The molecule has 11 nitrogen and oxygen atoms in total. The second kappa shape index (κ2) is 16.5. The van der Waals surface area contributed by atoms with E-state index in [0.717, 1.165) is 74.2 Å². The number of carbonyl (C=O) groups is 2. The van der Waals surface area contributed by atoms with Crippen LogP contribution in [-0.2, 0) is 11.3 Å². The molecule has 2 aliphatic heterocycles. The number of phenolic OH excluding ortho intramolecular Hbond substituents is 1. The number of aromatic amines is 1. The maximum absolute atomic E-state index is 13.6. The lowest BCUT2D eigenvalue weighted by molar-refractivity contribution is 0.0467. The summed E-state index contributed by atoms with van der Waals surface area (Å²) in [7, 11) is 0. The zero-order valence-electron chi connectivity index (χ0n) is 29.5. The molecular weight excluding hydrogens is 670 g/mol. The van der Waals surface area contributed by atoms with Gasteiger partial charge in [-0.25, -0.2) is 4.79 Å². The van der Waals surface area contributed by atoms with E-state index < -0.39 is 12.2 Å². The Hall–Kier alpha value is -5.49. The van der Waals surface area contributed by atoms with Gasteiger partial charge in [0, 0.05) is 67.9 Å². The molecule has 1 aromatic heterocycles. The number of nitrogens with zero attached hydrogens (tertiary/aromatic N) is 2. The number of rotatable bonds is 11. The summed E-state index contributed by atoms with van der Waals surface area (Å²) in [5.41, 5.74) is 4.89. The Kier molecular flexibility index (Phi) is 11.1. The highest BCUT2D eigenvalue weighted by Crippen LogP contribution is 2.30. The van der Waals surface area contributed by atoms with Gasteiger partial charge in [-0.2, -0.15) is 0 Å². The van der Waals surface area contributed by atoms with Gasteiger partial charge in [-0.3, -0.25) is 14.9 Å². The molecule has 3 heterocycles. The van der Waals surface area contributed by atoms with E-state index in [-0.39, 0.29) is 35.9 Å². The molecule has 53 heavy (non-hydrogen) atoms. The summed E-state index contributed by atoms with van der Waals surface area (Å²) in [6.07, 6.45) is 1.96. The van der Waals surface area contributed by atoms with Crippen LogP contribution in [-0.4, -0.2) is 81.9 Å². The van der Waals surface area contributed by atoms with Crippen molar-refractivity contribution in [1.82, 2.24) is 20.1 Å². The summed E-state index contributed by atoms with van der Waals surface area (Å²) in [6, 6.07) is 31.5. The molecule has 0 spiro atoms. The molecule has 0 unspecified atom stereocenters. The van der Waals surface area contributed by atoms with Gasteiger partial charge in [-0.15, -0.1) is 0 Å². The van der Waals surface area contributed by atoms with Gasteiger partial charge in [-0.1, -0.05) is 66.7 Å². The number of piperidine rings is 1. The normalized spacial score (nSPS) is 17.2. The van der Waals surface area contributed by atoms with Crippen molar-refractivity contribution in [2.24, 2.45) is 0 Å². The number of para-hydroxylation sites is 1. The van der Waals surface area contributed by atoms with Crippen LogP contribution in [0, 0.1) is 0 Å². The van der Waals surface area contributed by atoms with Gasteiger partial charge in [0.1, 0.15) is 11.9 Å². The molecule has 0 aliphatic carbocycles. The summed E-state index contributed by atoms with van der Waals surface area (Å²) in [5.74, 6) is -0.0164. The van der Waals surface area contributed by atoms with E-state index in [4.69, 9.17) is 4.74 Å². The minimum absolute atomic E-state index is 0.0327. The molecule has 2 aliphatic rings. The molecule has 0 radical (unpaired) electrons. The third-order valence-corrected chi connectivity index (χ3v) is 10.3. The Morgan fingerprint density at radius 2 is 1.62 bits per heavy atom. The molecule has 2 atom stereocenters. The van der Waals surface area contributed by atoms with Crippen molar-refractivity contribution in [1.29, 1.82) is 0 Å². The molecule has 5 aromatic rings. The maximum atomic E-state index is 13.6. The minimum Gasteiger partial charge on any atom is -0.506 e. The zero-order valence-corrected chi connectivity index (χ0v) is 29.5. The largest absolute Gasteiger partial charge is 0.506 e. The number of fused-ring (bicyclic) bond motifs is 1. The summed E-state index contributed by atoms with van der Waals surface area (Å²) in [5, 5.41) is 27.8. The molecule has 7 rings (SSSR count). The van der Waals surface area contributed by atoms with E-state index in [1.54, 1.807) is 12.1 Å². The molecule has 4 aromatic carbocycles. The lowest BCUT2D eigenvalue weighted by Crippen LogP contribution is -2.46. The van der Waals surface area contributed by atoms with Crippen LogP contribution < -0.4 is 16.2 Å². The zero-order chi connectivity index (χ0) is 36.7. The van der Waals surface area contributed by atoms with Crippen LogP contribution in [0.15, 0.2) is 108 Å². The van der Waals surface area contributed by atoms with Gasteiger partial charge in [-0.05, 0) is 72.7 Å². The second-order valence-corrected chi connectivity index (χ2v) is 13.9. The van der Waals surface area contributed by atoms with Gasteiger partial charge in [0.25, 0.3) is 5.91 Å². The van der Waals surface area contributed by atoms with Gasteiger partial charge in [0.15, 0.2) is 0 Å². The van der Waals surface area contributed by atoms with E-state index in [9.17, 15) is 24.6 Å². The Balaban J connectivity index is 0.861. The van der Waals surface area contributed by atoms with Crippen molar-refractivity contribution in [3.8, 4) is 16.9 Å². The first kappa shape index (κ1) is 35.9. The predicted octanol–water partition coefficient (Wildman–Crippen LogP) is 6.04. The number of aromatic hydroxyl groups is 1. The van der Waals surface area contributed by atoms with Crippen LogP contribution in [0.1, 0.15) is 53.3 Å². The van der Waals surface area contributed by atoms with Crippen molar-refractivity contribution < 1.29 is 24.5 Å². The molecule has 5 N–H and O–H groups in total. The quantitative estimate of drug-likeness (QED) is 0.111. The standard InChI is InChI=1S/C42H45N5O6/c48-37-18-16-34(35-17-19-39(50)45-40(35)37)38(49)26-43-25-28-12-14-30(15-13-28)41(51)47-22-6-9-31(47)27-46-23-20-32(21-24-46)53-42(52)44-36-11-5-4-10-33(36)29-7-2-1-3-8-29/h1-5,7-8,10-19,31-32,38,43,48-49H,6,9,20-27H2,(H,44,52)(H,45,50)/t31-,38+/m0/s1. The number of aromatic nitrogens is 1. The van der Waals surface area contributed by atoms with Crippen LogP contribution in [0.5, 0.6) is 5.75 Å². The number of H-pyrrole nitrogens is 1. The van der Waals surface area contributed by atoms with Gasteiger partial charge < -0.3 is 35.1 Å². The SMILES string of the molecule is O=C(Nc1ccccc1-c1ccccc1)OC1CCN(C[C@@H]2CCCN2C(=O)c2ccc(CNC[C@@H](O)c3ccc(O)c4[nH]c(=O)ccc34)cc2)CC1. The number of likely N-dealkylation sites (tertiary alicyclic amines) is 2. The second-order valence-electron chi connectivity index (χ2n) is 13.9. The number of hydrogen-bond acceptors (Lipinski definition) is 8. The van der Waals surface area contributed by atoms with E-state index >= 15 is 0 Å². The number of aliphatic hydroxyl groups excluding tert-OH is 1. The van der Waals surface area contributed by atoms with E-state index in [0.29, 0.717) is 28.6 Å². The number of phenols is 1. The number of nitrogens with one attached hydrogen (secondary N) is 3. The van der Waals surface area contributed by atoms with E-state index in [1.165, 1.54) is 12.1 Å². The molecule has 2 fully saturated rings. The summed E-state index contributed by atoms with van der Waals surface area (Å²) in [6.45, 7) is 3.88. The highest BCUT2D eigenvalue weighted by molar-refractivity contribution is 5.95. The molecule has 274 valence electrons. The fourth-order valence-electron chi connectivity index (χ4n) is 7.50.